The molecule has 1 aromatic heterocycles. The highest BCUT2D eigenvalue weighted by atomic mass is 16.5. The molecule has 0 saturated carbocycles. The van der Waals surface area contributed by atoms with Crippen LogP contribution in [0, 0.1) is 5.92 Å². The molecule has 3 heterocycles. The summed E-state index contributed by atoms with van der Waals surface area (Å²) in [5.41, 5.74) is 3.70. The van der Waals surface area contributed by atoms with E-state index in [4.69, 9.17) is 9.72 Å². The van der Waals surface area contributed by atoms with Crippen molar-refractivity contribution in [1.82, 2.24) is 4.98 Å². The van der Waals surface area contributed by atoms with Gasteiger partial charge in [0.2, 0.25) is 0 Å². The molecule has 0 N–H and O–H groups in total. The minimum atomic E-state index is 0.525. The van der Waals surface area contributed by atoms with Crippen LogP contribution < -0.4 is 4.90 Å². The van der Waals surface area contributed by atoms with Gasteiger partial charge in [0.1, 0.15) is 0 Å². The largest absolute Gasteiger partial charge is 0.378 e. The van der Waals surface area contributed by atoms with Gasteiger partial charge in [-0.3, -0.25) is 4.98 Å². The molecule has 1 aromatic carbocycles. The number of ether oxygens (including phenoxy) is 1. The van der Waals surface area contributed by atoms with Crippen molar-refractivity contribution in [3.63, 3.8) is 0 Å². The van der Waals surface area contributed by atoms with E-state index in [-0.39, 0.29) is 0 Å². The zero-order chi connectivity index (χ0) is 15.6. The Hall–Kier alpha value is -1.61. The third kappa shape index (κ3) is 2.94. The van der Waals surface area contributed by atoms with E-state index in [0.717, 1.165) is 37.6 Å². The first-order valence-corrected chi connectivity index (χ1v) is 9.10. The number of piperidine rings is 1. The number of benzene rings is 1. The monoisotopic (exact) mass is 310 g/mol. The lowest BCUT2D eigenvalue weighted by Crippen LogP contribution is -2.37. The van der Waals surface area contributed by atoms with Crippen LogP contribution in [0.15, 0.2) is 30.3 Å². The molecule has 0 aliphatic carbocycles. The van der Waals surface area contributed by atoms with E-state index in [1.807, 2.05) is 0 Å². The molecule has 2 fully saturated rings. The topological polar surface area (TPSA) is 25.4 Å². The smallest absolute Gasteiger partial charge is 0.0726 e. The third-order valence-electron chi connectivity index (χ3n) is 5.48. The van der Waals surface area contributed by atoms with Crippen LogP contribution in [0.2, 0.25) is 0 Å². The van der Waals surface area contributed by atoms with Gasteiger partial charge in [-0.1, -0.05) is 25.1 Å². The van der Waals surface area contributed by atoms with E-state index in [1.54, 1.807) is 0 Å². The normalized spacial score (nSPS) is 22.8. The van der Waals surface area contributed by atoms with Crippen LogP contribution >= 0.6 is 0 Å². The summed E-state index contributed by atoms with van der Waals surface area (Å²) >= 11 is 0. The maximum Gasteiger partial charge on any atom is 0.0726 e. The molecular weight excluding hydrogens is 284 g/mol. The van der Waals surface area contributed by atoms with E-state index < -0.39 is 0 Å². The van der Waals surface area contributed by atoms with Gasteiger partial charge < -0.3 is 9.64 Å². The highest BCUT2D eigenvalue weighted by Gasteiger charge is 2.30. The Balaban J connectivity index is 1.57. The number of hydrogen-bond acceptors (Lipinski definition) is 3. The lowest BCUT2D eigenvalue weighted by Gasteiger charge is -2.36. The molecule has 2 aliphatic heterocycles. The van der Waals surface area contributed by atoms with Gasteiger partial charge in [0.25, 0.3) is 0 Å². The van der Waals surface area contributed by atoms with Gasteiger partial charge in [0.15, 0.2) is 0 Å². The molecular formula is C20H26N2O. The van der Waals surface area contributed by atoms with Crippen LogP contribution in [0.4, 0.5) is 5.69 Å². The number of para-hydroxylation sites is 1. The van der Waals surface area contributed by atoms with Crippen molar-refractivity contribution in [3.8, 4) is 0 Å². The Labute approximate surface area is 138 Å². The van der Waals surface area contributed by atoms with Crippen molar-refractivity contribution in [2.45, 2.75) is 45.1 Å². The van der Waals surface area contributed by atoms with E-state index in [0.29, 0.717) is 6.10 Å². The molecule has 0 spiro atoms. The van der Waals surface area contributed by atoms with Gasteiger partial charge in [-0.05, 0) is 50.2 Å². The Kier molecular flexibility index (Phi) is 4.21. The van der Waals surface area contributed by atoms with Gasteiger partial charge in [-0.15, -0.1) is 0 Å². The Morgan fingerprint density at radius 2 is 2.00 bits per heavy atom. The minimum Gasteiger partial charge on any atom is -0.378 e. The first kappa shape index (κ1) is 14.9. The number of rotatable bonds is 3. The molecule has 1 atom stereocenters. The fourth-order valence-corrected chi connectivity index (χ4v) is 4.14. The summed E-state index contributed by atoms with van der Waals surface area (Å²) in [6.45, 7) is 5.44. The first-order valence-electron chi connectivity index (χ1n) is 9.10. The van der Waals surface area contributed by atoms with Gasteiger partial charge in [-0.2, -0.15) is 0 Å². The SMILES string of the molecule is CCc1cc(N2CCC(C3CCCO3)CC2)c2ccccc2n1. The number of fused-ring (bicyclic) bond motifs is 1. The fourth-order valence-electron chi connectivity index (χ4n) is 4.14. The van der Waals surface area contributed by atoms with Crippen molar-refractivity contribution in [2.75, 3.05) is 24.6 Å². The lowest BCUT2D eigenvalue weighted by atomic mass is 9.89. The van der Waals surface area contributed by atoms with Gasteiger partial charge in [0.05, 0.1) is 11.6 Å². The van der Waals surface area contributed by atoms with Crippen molar-refractivity contribution in [2.24, 2.45) is 5.92 Å². The van der Waals surface area contributed by atoms with Crippen LogP contribution in [0.3, 0.4) is 0 Å². The molecule has 4 rings (SSSR count). The molecule has 2 aliphatic rings. The van der Waals surface area contributed by atoms with Crippen LogP contribution in [0.25, 0.3) is 10.9 Å². The Morgan fingerprint density at radius 3 is 2.74 bits per heavy atom. The van der Waals surface area contributed by atoms with Crippen LogP contribution in [-0.2, 0) is 11.2 Å². The Morgan fingerprint density at radius 1 is 1.17 bits per heavy atom. The zero-order valence-corrected chi connectivity index (χ0v) is 14.0. The van der Waals surface area contributed by atoms with Crippen LogP contribution in [0.1, 0.15) is 38.3 Å². The molecule has 3 heteroatoms. The number of aryl methyl sites for hydroxylation is 1. The van der Waals surface area contributed by atoms with E-state index in [1.165, 1.54) is 42.5 Å². The molecule has 0 radical (unpaired) electrons. The Bertz CT molecular complexity index is 670. The summed E-state index contributed by atoms with van der Waals surface area (Å²) in [6.07, 6.45) is 6.54. The molecule has 2 saturated heterocycles. The number of hydrogen-bond donors (Lipinski definition) is 0. The lowest BCUT2D eigenvalue weighted by molar-refractivity contribution is 0.0532. The van der Waals surface area contributed by atoms with Gasteiger partial charge in [-0.25, -0.2) is 0 Å². The fraction of sp³-hybridized carbons (Fsp3) is 0.550. The predicted molar refractivity (Wildman–Crippen MR) is 95.0 cm³/mol. The summed E-state index contributed by atoms with van der Waals surface area (Å²) in [7, 11) is 0. The summed E-state index contributed by atoms with van der Waals surface area (Å²) in [4.78, 5) is 7.34. The third-order valence-corrected chi connectivity index (χ3v) is 5.48. The van der Waals surface area contributed by atoms with Gasteiger partial charge in [0, 0.05) is 36.5 Å². The minimum absolute atomic E-state index is 0.525. The quantitative estimate of drug-likeness (QED) is 0.850. The molecule has 0 amide bonds. The van der Waals surface area contributed by atoms with Gasteiger partial charge >= 0.3 is 0 Å². The zero-order valence-electron chi connectivity index (χ0n) is 14.0. The maximum absolute atomic E-state index is 5.91. The second-order valence-corrected chi connectivity index (χ2v) is 6.88. The molecule has 2 aromatic rings. The van der Waals surface area contributed by atoms with Crippen molar-refractivity contribution >= 4 is 16.6 Å². The number of nitrogens with zero attached hydrogens (tertiary/aromatic N) is 2. The summed E-state index contributed by atoms with van der Waals surface area (Å²) in [5.74, 6) is 0.757. The van der Waals surface area contributed by atoms with Crippen LogP contribution in [0.5, 0.6) is 0 Å². The van der Waals surface area contributed by atoms with E-state index >= 15 is 0 Å². The first-order chi connectivity index (χ1) is 11.3. The second-order valence-electron chi connectivity index (χ2n) is 6.88. The van der Waals surface area contributed by atoms with E-state index in [9.17, 15) is 0 Å². The summed E-state index contributed by atoms with van der Waals surface area (Å²) in [6, 6.07) is 10.9. The number of pyridine rings is 1. The molecule has 0 bridgehead atoms. The maximum atomic E-state index is 5.91. The average molecular weight is 310 g/mol. The average Bonchev–Trinajstić information content (AvgIpc) is 3.15. The van der Waals surface area contributed by atoms with Crippen molar-refractivity contribution < 1.29 is 4.74 Å². The van der Waals surface area contributed by atoms with E-state index in [2.05, 4.69) is 42.2 Å². The summed E-state index contributed by atoms with van der Waals surface area (Å²) < 4.78 is 5.91. The summed E-state index contributed by atoms with van der Waals surface area (Å²) in [5, 5.41) is 1.29. The van der Waals surface area contributed by atoms with Crippen molar-refractivity contribution in [3.05, 3.63) is 36.0 Å². The molecule has 1 unspecified atom stereocenters. The van der Waals surface area contributed by atoms with Crippen molar-refractivity contribution in [1.29, 1.82) is 0 Å². The molecule has 3 nitrogen and oxygen atoms in total. The second kappa shape index (κ2) is 6.48. The van der Waals surface area contributed by atoms with Crippen LogP contribution in [-0.4, -0.2) is 30.8 Å². The standard InChI is InChI=1S/C20H26N2O/c1-2-16-14-19(17-6-3-4-7-18(17)21-16)22-11-9-15(10-12-22)20-8-5-13-23-20/h3-4,6-7,14-15,20H,2,5,8-13H2,1H3. The number of anilines is 1. The molecule has 23 heavy (non-hydrogen) atoms. The predicted octanol–water partition coefficient (Wildman–Crippen LogP) is 4.19. The highest BCUT2D eigenvalue weighted by Crippen LogP contribution is 2.33. The molecule has 122 valence electrons. The highest BCUT2D eigenvalue weighted by molar-refractivity contribution is 5.92. The number of aromatic nitrogens is 1.